The minimum absolute atomic E-state index is 0.0546. The van der Waals surface area contributed by atoms with E-state index in [-0.39, 0.29) is 19.0 Å². The molecule has 2 heterocycles. The van der Waals surface area contributed by atoms with Crippen LogP contribution in [-0.2, 0) is 19.9 Å². The van der Waals surface area contributed by atoms with E-state index in [4.69, 9.17) is 14.5 Å². The van der Waals surface area contributed by atoms with Crippen molar-refractivity contribution in [1.29, 1.82) is 0 Å². The maximum atomic E-state index is 15.2. The van der Waals surface area contributed by atoms with Crippen LogP contribution in [0.2, 0.25) is 0 Å². The van der Waals surface area contributed by atoms with E-state index in [1.807, 2.05) is 65.6 Å². The van der Waals surface area contributed by atoms with Crippen molar-refractivity contribution >= 4 is 11.6 Å². The first-order valence-electron chi connectivity index (χ1n) is 11.5. The monoisotopic (exact) mass is 463 g/mol. The van der Waals surface area contributed by atoms with E-state index in [0.717, 1.165) is 11.1 Å². The van der Waals surface area contributed by atoms with Crippen LogP contribution in [0.1, 0.15) is 36.6 Å². The van der Waals surface area contributed by atoms with Crippen molar-refractivity contribution in [1.82, 2.24) is 9.97 Å². The summed E-state index contributed by atoms with van der Waals surface area (Å²) in [5.41, 5.74) is 0.165. The highest BCUT2D eigenvalue weighted by molar-refractivity contribution is 5.76. The van der Waals surface area contributed by atoms with Gasteiger partial charge in [-0.05, 0) is 18.1 Å². The number of benzene rings is 2. The predicted octanol–water partition coefficient (Wildman–Crippen LogP) is 4.33. The standard InChI is InChI=1S/C27H30FN3O3/c1-21(32)19-34-20-26(28)13-15-31(16-14-26)25-18-29-17-24(30-25)27(33-2,22-9-5-3-6-10-22)23-11-7-4-8-12-23/h3-12,17-18H,13-16,19-20H2,1-2H3. The summed E-state index contributed by atoms with van der Waals surface area (Å²) in [6.45, 7) is 2.27. The van der Waals surface area contributed by atoms with Crippen molar-refractivity contribution in [2.24, 2.45) is 0 Å². The van der Waals surface area contributed by atoms with Gasteiger partial charge in [0.15, 0.2) is 11.4 Å². The molecule has 0 atom stereocenters. The molecule has 0 radical (unpaired) electrons. The molecule has 4 rings (SSSR count). The number of piperidine rings is 1. The lowest BCUT2D eigenvalue weighted by molar-refractivity contribution is -0.123. The maximum Gasteiger partial charge on any atom is 0.161 e. The largest absolute Gasteiger partial charge is 0.370 e. The fourth-order valence-electron chi connectivity index (χ4n) is 4.48. The summed E-state index contributed by atoms with van der Waals surface area (Å²) >= 11 is 0. The summed E-state index contributed by atoms with van der Waals surface area (Å²) < 4.78 is 26.6. The molecule has 1 aromatic heterocycles. The lowest BCUT2D eigenvalue weighted by Crippen LogP contribution is -2.45. The van der Waals surface area contributed by atoms with Gasteiger partial charge in [-0.2, -0.15) is 0 Å². The summed E-state index contributed by atoms with van der Waals surface area (Å²) in [7, 11) is 1.67. The van der Waals surface area contributed by atoms with Gasteiger partial charge in [-0.15, -0.1) is 0 Å². The molecule has 0 bridgehead atoms. The number of nitrogens with zero attached hydrogens (tertiary/aromatic N) is 3. The number of Topliss-reactive ketones (excluding diaryl/α,β-unsaturated/α-hetero) is 1. The molecule has 0 unspecified atom stereocenters. The molecule has 0 aliphatic carbocycles. The van der Waals surface area contributed by atoms with Crippen LogP contribution in [0, 0.1) is 0 Å². The average Bonchev–Trinajstić information content (AvgIpc) is 2.87. The predicted molar refractivity (Wildman–Crippen MR) is 129 cm³/mol. The second-order valence-electron chi connectivity index (χ2n) is 8.71. The minimum Gasteiger partial charge on any atom is -0.370 e. The number of rotatable bonds is 9. The highest BCUT2D eigenvalue weighted by Crippen LogP contribution is 2.39. The number of carbonyl (C=O) groups excluding carboxylic acids is 1. The van der Waals surface area contributed by atoms with Gasteiger partial charge in [-0.25, -0.2) is 9.37 Å². The Hall–Kier alpha value is -3.16. The first-order chi connectivity index (χ1) is 16.5. The van der Waals surface area contributed by atoms with Crippen LogP contribution in [0.25, 0.3) is 0 Å². The van der Waals surface area contributed by atoms with E-state index in [0.29, 0.717) is 37.4 Å². The zero-order valence-corrected chi connectivity index (χ0v) is 19.6. The van der Waals surface area contributed by atoms with Crippen LogP contribution < -0.4 is 4.90 Å². The molecular formula is C27H30FN3O3. The van der Waals surface area contributed by atoms with Crippen LogP contribution in [-0.4, -0.2) is 54.8 Å². The number of ether oxygens (including phenoxy) is 2. The molecule has 0 amide bonds. The molecule has 1 aliphatic rings. The number of aromatic nitrogens is 2. The quantitative estimate of drug-likeness (QED) is 0.471. The molecule has 1 saturated heterocycles. The first-order valence-corrected chi connectivity index (χ1v) is 11.5. The number of carbonyl (C=O) groups is 1. The molecule has 6 nitrogen and oxygen atoms in total. The van der Waals surface area contributed by atoms with Crippen LogP contribution in [0.3, 0.4) is 0 Å². The first kappa shape index (κ1) is 24.0. The molecule has 0 saturated carbocycles. The van der Waals surface area contributed by atoms with Gasteiger partial charge in [-0.3, -0.25) is 9.78 Å². The van der Waals surface area contributed by atoms with Gasteiger partial charge in [0.25, 0.3) is 0 Å². The van der Waals surface area contributed by atoms with Crippen LogP contribution in [0.5, 0.6) is 0 Å². The van der Waals surface area contributed by atoms with Crippen LogP contribution in [0.4, 0.5) is 10.2 Å². The van der Waals surface area contributed by atoms with Gasteiger partial charge in [-0.1, -0.05) is 60.7 Å². The van der Waals surface area contributed by atoms with Crippen molar-refractivity contribution in [2.45, 2.75) is 31.0 Å². The van der Waals surface area contributed by atoms with E-state index in [9.17, 15) is 4.79 Å². The molecule has 178 valence electrons. The van der Waals surface area contributed by atoms with Gasteiger partial charge >= 0.3 is 0 Å². The lowest BCUT2D eigenvalue weighted by Gasteiger charge is -2.37. The molecule has 7 heteroatoms. The van der Waals surface area contributed by atoms with Crippen molar-refractivity contribution in [3.63, 3.8) is 0 Å². The summed E-state index contributed by atoms with van der Waals surface area (Å²) in [6, 6.07) is 19.9. The van der Waals surface area contributed by atoms with E-state index in [2.05, 4.69) is 4.98 Å². The number of ketones is 1. The highest BCUT2D eigenvalue weighted by Gasteiger charge is 2.40. The van der Waals surface area contributed by atoms with Gasteiger partial charge in [0.05, 0.1) is 19.0 Å². The lowest BCUT2D eigenvalue weighted by atomic mass is 9.83. The highest BCUT2D eigenvalue weighted by atomic mass is 19.1. The second-order valence-corrected chi connectivity index (χ2v) is 8.71. The maximum absolute atomic E-state index is 15.2. The number of alkyl halides is 1. The summed E-state index contributed by atoms with van der Waals surface area (Å²) in [6.07, 6.45) is 4.02. The second kappa shape index (κ2) is 10.4. The van der Waals surface area contributed by atoms with Crippen LogP contribution >= 0.6 is 0 Å². The van der Waals surface area contributed by atoms with Gasteiger partial charge in [0.1, 0.15) is 23.8 Å². The van der Waals surface area contributed by atoms with Crippen molar-refractivity contribution < 1.29 is 18.7 Å². The molecule has 0 spiro atoms. The van der Waals surface area contributed by atoms with Gasteiger partial charge in [0.2, 0.25) is 0 Å². The third kappa shape index (κ3) is 5.00. The molecule has 2 aromatic carbocycles. The van der Waals surface area contributed by atoms with Crippen LogP contribution in [0.15, 0.2) is 73.1 Å². The van der Waals surface area contributed by atoms with E-state index in [1.165, 1.54) is 6.92 Å². The molecule has 0 N–H and O–H groups in total. The average molecular weight is 464 g/mol. The number of halogens is 1. The molecular weight excluding hydrogens is 433 g/mol. The van der Waals surface area contributed by atoms with Crippen molar-refractivity contribution in [3.05, 3.63) is 89.9 Å². The van der Waals surface area contributed by atoms with Crippen molar-refractivity contribution in [3.8, 4) is 0 Å². The molecule has 34 heavy (non-hydrogen) atoms. The Morgan fingerprint density at radius 1 is 1.03 bits per heavy atom. The van der Waals surface area contributed by atoms with E-state index >= 15 is 4.39 Å². The molecule has 3 aromatic rings. The number of methoxy groups -OCH3 is 1. The molecule has 1 fully saturated rings. The van der Waals surface area contributed by atoms with E-state index < -0.39 is 11.3 Å². The fraction of sp³-hybridized carbons (Fsp3) is 0.370. The topological polar surface area (TPSA) is 64.6 Å². The Morgan fingerprint density at radius 3 is 2.15 bits per heavy atom. The third-order valence-electron chi connectivity index (χ3n) is 6.30. The summed E-state index contributed by atoms with van der Waals surface area (Å²) in [4.78, 5) is 22.6. The van der Waals surface area contributed by atoms with Gasteiger partial charge in [0, 0.05) is 33.0 Å². The summed E-state index contributed by atoms with van der Waals surface area (Å²) in [5.74, 6) is 0.573. The minimum atomic E-state index is -1.44. The Kier molecular flexibility index (Phi) is 7.34. The number of hydrogen-bond acceptors (Lipinski definition) is 6. The molecule has 1 aliphatic heterocycles. The van der Waals surface area contributed by atoms with E-state index in [1.54, 1.807) is 19.5 Å². The third-order valence-corrected chi connectivity index (χ3v) is 6.30. The number of hydrogen-bond donors (Lipinski definition) is 0. The Labute approximate surface area is 199 Å². The SMILES string of the molecule is COC(c1ccccc1)(c1ccccc1)c1cncc(N2CCC(F)(COCC(C)=O)CC2)n1. The zero-order chi connectivity index (χ0) is 24.0. The Bertz CT molecular complexity index is 1050. The van der Waals surface area contributed by atoms with Crippen molar-refractivity contribution in [2.75, 3.05) is 38.3 Å². The normalized spacial score (nSPS) is 15.8. The smallest absolute Gasteiger partial charge is 0.161 e. The Morgan fingerprint density at radius 2 is 1.62 bits per heavy atom. The van der Waals surface area contributed by atoms with Gasteiger partial charge < -0.3 is 14.4 Å². The summed E-state index contributed by atoms with van der Waals surface area (Å²) in [5, 5.41) is 0. The number of anilines is 1. The fourth-order valence-corrected chi connectivity index (χ4v) is 4.48. The zero-order valence-electron chi connectivity index (χ0n) is 19.6. The Balaban J connectivity index is 1.61.